The Morgan fingerprint density at radius 2 is 1.77 bits per heavy atom. The summed E-state index contributed by atoms with van der Waals surface area (Å²) in [4.78, 5) is 11.6. The van der Waals surface area contributed by atoms with E-state index in [2.05, 4.69) is 31.8 Å². The van der Waals surface area contributed by atoms with Crippen molar-refractivity contribution in [1.29, 1.82) is 0 Å². The standard InChI is InChI=1S/C19H31N5O2/c1-25-18-5-3-17(4-6-18)23-11-9-22(10-12-23)8-2-7-21-19(20)24-13-15-26-16-14-24/h3-6H,2,7-16H2,1H3,(H2,20,21). The molecule has 2 N–H and O–H groups in total. The highest BCUT2D eigenvalue weighted by Gasteiger charge is 2.17. The number of nitrogens with two attached hydrogens (primary N) is 1. The van der Waals surface area contributed by atoms with E-state index >= 15 is 0 Å². The van der Waals surface area contributed by atoms with Gasteiger partial charge in [0.2, 0.25) is 0 Å². The minimum atomic E-state index is 0.664. The maximum absolute atomic E-state index is 6.06. The number of hydrogen-bond donors (Lipinski definition) is 1. The van der Waals surface area contributed by atoms with Crippen molar-refractivity contribution in [3.8, 4) is 5.75 Å². The number of nitrogens with zero attached hydrogens (tertiary/aromatic N) is 4. The van der Waals surface area contributed by atoms with Gasteiger partial charge in [0.25, 0.3) is 0 Å². The topological polar surface area (TPSA) is 66.6 Å². The van der Waals surface area contributed by atoms with Crippen molar-refractivity contribution in [3.63, 3.8) is 0 Å². The molecule has 0 spiro atoms. The first-order chi connectivity index (χ1) is 12.8. The number of hydrogen-bond acceptors (Lipinski definition) is 5. The van der Waals surface area contributed by atoms with Gasteiger partial charge in [-0.1, -0.05) is 0 Å². The summed E-state index contributed by atoms with van der Waals surface area (Å²) in [6.45, 7) is 9.37. The quantitative estimate of drug-likeness (QED) is 0.460. The highest BCUT2D eigenvalue weighted by atomic mass is 16.5. The number of benzene rings is 1. The second kappa shape index (κ2) is 9.64. The van der Waals surface area contributed by atoms with Crippen LogP contribution in [0.1, 0.15) is 6.42 Å². The van der Waals surface area contributed by atoms with Crippen molar-refractivity contribution in [3.05, 3.63) is 24.3 Å². The van der Waals surface area contributed by atoms with Crippen LogP contribution in [0, 0.1) is 0 Å². The Bertz CT molecular complexity index is 564. The Balaban J connectivity index is 1.34. The molecular weight excluding hydrogens is 330 g/mol. The Morgan fingerprint density at radius 1 is 1.08 bits per heavy atom. The summed E-state index contributed by atoms with van der Waals surface area (Å²) in [5.41, 5.74) is 7.33. The molecule has 2 heterocycles. The lowest BCUT2D eigenvalue weighted by Gasteiger charge is -2.36. The molecular formula is C19H31N5O2. The van der Waals surface area contributed by atoms with Crippen molar-refractivity contribution in [1.82, 2.24) is 9.80 Å². The van der Waals surface area contributed by atoms with E-state index in [-0.39, 0.29) is 0 Å². The molecule has 0 radical (unpaired) electrons. The van der Waals surface area contributed by atoms with Crippen LogP contribution in [0.4, 0.5) is 5.69 Å². The zero-order valence-electron chi connectivity index (χ0n) is 15.8. The van der Waals surface area contributed by atoms with Gasteiger partial charge in [0.1, 0.15) is 5.75 Å². The fourth-order valence-corrected chi connectivity index (χ4v) is 3.40. The summed E-state index contributed by atoms with van der Waals surface area (Å²) in [6, 6.07) is 8.33. The van der Waals surface area contributed by atoms with Gasteiger partial charge in [-0.3, -0.25) is 9.89 Å². The minimum absolute atomic E-state index is 0.664. The van der Waals surface area contributed by atoms with Gasteiger partial charge < -0.3 is 25.0 Å². The van der Waals surface area contributed by atoms with E-state index in [0.717, 1.165) is 77.7 Å². The van der Waals surface area contributed by atoms with Crippen LogP contribution >= 0.6 is 0 Å². The monoisotopic (exact) mass is 361 g/mol. The molecule has 2 saturated heterocycles. The second-order valence-corrected chi connectivity index (χ2v) is 6.72. The van der Waals surface area contributed by atoms with Gasteiger partial charge in [-0.25, -0.2) is 0 Å². The molecule has 2 fully saturated rings. The van der Waals surface area contributed by atoms with Crippen molar-refractivity contribution in [2.24, 2.45) is 10.7 Å². The number of ether oxygens (including phenoxy) is 2. The van der Waals surface area contributed by atoms with Crippen molar-refractivity contribution >= 4 is 11.6 Å². The molecule has 7 nitrogen and oxygen atoms in total. The molecule has 3 rings (SSSR count). The summed E-state index contributed by atoms with van der Waals surface area (Å²) in [5, 5.41) is 0. The van der Waals surface area contributed by atoms with Gasteiger partial charge in [0, 0.05) is 58.0 Å². The third-order valence-electron chi connectivity index (χ3n) is 5.05. The summed E-state index contributed by atoms with van der Waals surface area (Å²) >= 11 is 0. The summed E-state index contributed by atoms with van der Waals surface area (Å²) < 4.78 is 10.6. The first-order valence-corrected chi connectivity index (χ1v) is 9.50. The van der Waals surface area contributed by atoms with Crippen LogP contribution in [-0.2, 0) is 4.74 Å². The second-order valence-electron chi connectivity index (χ2n) is 6.72. The predicted molar refractivity (Wildman–Crippen MR) is 105 cm³/mol. The number of rotatable bonds is 6. The van der Waals surface area contributed by atoms with Crippen molar-refractivity contribution in [2.75, 3.05) is 77.6 Å². The van der Waals surface area contributed by atoms with Crippen LogP contribution < -0.4 is 15.4 Å². The number of anilines is 1. The van der Waals surface area contributed by atoms with Crippen LogP contribution in [0.2, 0.25) is 0 Å². The van der Waals surface area contributed by atoms with Crippen LogP contribution in [0.3, 0.4) is 0 Å². The molecule has 2 aliphatic rings. The molecule has 26 heavy (non-hydrogen) atoms. The maximum Gasteiger partial charge on any atom is 0.191 e. The first kappa shape index (κ1) is 18.8. The molecule has 0 aliphatic carbocycles. The highest BCUT2D eigenvalue weighted by molar-refractivity contribution is 5.78. The minimum Gasteiger partial charge on any atom is -0.497 e. The van der Waals surface area contributed by atoms with E-state index in [1.54, 1.807) is 7.11 Å². The van der Waals surface area contributed by atoms with E-state index in [0.29, 0.717) is 5.96 Å². The van der Waals surface area contributed by atoms with E-state index in [1.807, 2.05) is 12.1 Å². The van der Waals surface area contributed by atoms with Gasteiger partial charge in [0.15, 0.2) is 5.96 Å². The maximum atomic E-state index is 6.06. The van der Waals surface area contributed by atoms with Gasteiger partial charge >= 0.3 is 0 Å². The molecule has 144 valence electrons. The molecule has 0 amide bonds. The van der Waals surface area contributed by atoms with E-state index in [1.165, 1.54) is 5.69 Å². The highest BCUT2D eigenvalue weighted by Crippen LogP contribution is 2.20. The summed E-state index contributed by atoms with van der Waals surface area (Å²) in [5.74, 6) is 1.57. The molecule has 7 heteroatoms. The molecule has 0 atom stereocenters. The van der Waals surface area contributed by atoms with Crippen LogP contribution in [0.25, 0.3) is 0 Å². The summed E-state index contributed by atoms with van der Waals surface area (Å²) in [6.07, 6.45) is 1.05. The van der Waals surface area contributed by atoms with Crippen LogP contribution in [0.5, 0.6) is 5.75 Å². The lowest BCUT2D eigenvalue weighted by molar-refractivity contribution is 0.0674. The number of piperazine rings is 1. The Hall–Kier alpha value is -1.99. The third-order valence-corrected chi connectivity index (χ3v) is 5.05. The lowest BCUT2D eigenvalue weighted by Crippen LogP contribution is -2.47. The molecule has 0 bridgehead atoms. The lowest BCUT2D eigenvalue weighted by atomic mass is 10.2. The van der Waals surface area contributed by atoms with E-state index in [9.17, 15) is 0 Å². The zero-order valence-corrected chi connectivity index (χ0v) is 15.8. The summed E-state index contributed by atoms with van der Waals surface area (Å²) in [7, 11) is 1.70. The van der Waals surface area contributed by atoms with Gasteiger partial charge in [-0.15, -0.1) is 0 Å². The van der Waals surface area contributed by atoms with E-state index in [4.69, 9.17) is 15.2 Å². The van der Waals surface area contributed by atoms with Crippen molar-refractivity contribution in [2.45, 2.75) is 6.42 Å². The smallest absolute Gasteiger partial charge is 0.191 e. The van der Waals surface area contributed by atoms with Gasteiger partial charge in [-0.05, 0) is 30.7 Å². The van der Waals surface area contributed by atoms with Gasteiger partial charge in [-0.2, -0.15) is 0 Å². The zero-order chi connectivity index (χ0) is 18.2. The number of aliphatic imine (C=N–C) groups is 1. The fraction of sp³-hybridized carbons (Fsp3) is 0.632. The fourth-order valence-electron chi connectivity index (χ4n) is 3.40. The molecule has 0 unspecified atom stereocenters. The Morgan fingerprint density at radius 3 is 2.42 bits per heavy atom. The average molecular weight is 361 g/mol. The van der Waals surface area contributed by atoms with Gasteiger partial charge in [0.05, 0.1) is 20.3 Å². The Labute approximate surface area is 156 Å². The average Bonchev–Trinajstić information content (AvgIpc) is 2.72. The number of methoxy groups -OCH3 is 1. The molecule has 2 aliphatic heterocycles. The molecule has 0 aromatic heterocycles. The van der Waals surface area contributed by atoms with Crippen LogP contribution in [-0.4, -0.2) is 88.4 Å². The van der Waals surface area contributed by atoms with Crippen molar-refractivity contribution < 1.29 is 9.47 Å². The third kappa shape index (κ3) is 5.25. The Kier molecular flexibility index (Phi) is 6.96. The predicted octanol–water partition coefficient (Wildman–Crippen LogP) is 0.854. The number of morpholine rings is 1. The normalized spacial score (nSPS) is 19.7. The SMILES string of the molecule is COc1ccc(N2CCN(CCCN=C(N)N3CCOCC3)CC2)cc1. The number of guanidine groups is 1. The van der Waals surface area contributed by atoms with E-state index < -0.39 is 0 Å². The first-order valence-electron chi connectivity index (χ1n) is 9.50. The molecule has 0 saturated carbocycles. The van der Waals surface area contributed by atoms with Crippen LogP contribution in [0.15, 0.2) is 29.3 Å². The molecule has 1 aromatic carbocycles. The largest absolute Gasteiger partial charge is 0.497 e. The molecule has 1 aromatic rings.